The van der Waals surface area contributed by atoms with Crippen LogP contribution in [0.2, 0.25) is 0 Å². The van der Waals surface area contributed by atoms with Crippen molar-refractivity contribution in [3.63, 3.8) is 0 Å². The lowest BCUT2D eigenvalue weighted by Gasteiger charge is -2.39. The number of hydrogen-bond acceptors (Lipinski definition) is 4. The van der Waals surface area contributed by atoms with Crippen LogP contribution in [0.25, 0.3) is 0 Å². The van der Waals surface area contributed by atoms with Crippen LogP contribution in [0.3, 0.4) is 0 Å². The molecule has 0 aliphatic carbocycles. The molecule has 24 heavy (non-hydrogen) atoms. The fourth-order valence-electron chi connectivity index (χ4n) is 3.45. The van der Waals surface area contributed by atoms with E-state index in [0.717, 1.165) is 18.7 Å². The molecular weight excluding hydrogens is 304 g/mol. The number of hydrogen-bond donors (Lipinski definition) is 1. The molecule has 0 saturated carbocycles. The van der Waals surface area contributed by atoms with E-state index in [4.69, 9.17) is 5.26 Å². The van der Waals surface area contributed by atoms with Gasteiger partial charge in [0.05, 0.1) is 18.2 Å². The van der Waals surface area contributed by atoms with Crippen molar-refractivity contribution in [3.05, 3.63) is 35.4 Å². The highest BCUT2D eigenvalue weighted by Crippen LogP contribution is 2.31. The molecule has 0 atom stereocenters. The van der Waals surface area contributed by atoms with Crippen molar-refractivity contribution in [3.8, 4) is 6.07 Å². The van der Waals surface area contributed by atoms with Gasteiger partial charge < -0.3 is 10.2 Å². The molecule has 2 saturated heterocycles. The monoisotopic (exact) mass is 326 g/mol. The highest BCUT2D eigenvalue weighted by atomic mass is 16.2. The molecule has 1 aromatic rings. The molecule has 0 unspecified atom stereocenters. The molecule has 0 aromatic heterocycles. The number of nitrogens with zero attached hydrogens (tertiary/aromatic N) is 3. The van der Waals surface area contributed by atoms with Crippen molar-refractivity contribution in [2.45, 2.75) is 44.8 Å². The summed E-state index contributed by atoms with van der Waals surface area (Å²) in [5.41, 5.74) is 0.664. The van der Waals surface area contributed by atoms with Crippen LogP contribution in [0.4, 0.5) is 4.79 Å². The molecule has 2 aliphatic rings. The van der Waals surface area contributed by atoms with E-state index in [0.29, 0.717) is 24.4 Å². The smallest absolute Gasteiger partial charge is 0.323 e. The number of likely N-dealkylation sites (tertiary alicyclic amines) is 1. The molecule has 126 valence electrons. The number of rotatable bonds is 3. The topological polar surface area (TPSA) is 76.4 Å². The van der Waals surface area contributed by atoms with Crippen LogP contribution in [-0.4, -0.2) is 46.4 Å². The van der Waals surface area contributed by atoms with Crippen LogP contribution >= 0.6 is 0 Å². The summed E-state index contributed by atoms with van der Waals surface area (Å²) in [4.78, 5) is 28.8. The van der Waals surface area contributed by atoms with Gasteiger partial charge in [-0.2, -0.15) is 5.26 Å². The number of nitrogens with one attached hydrogen (secondary N) is 1. The summed E-state index contributed by atoms with van der Waals surface area (Å²) in [6.45, 7) is 6.16. The van der Waals surface area contributed by atoms with Crippen LogP contribution in [0.1, 0.15) is 37.8 Å². The summed E-state index contributed by atoms with van der Waals surface area (Å²) < 4.78 is 0. The van der Waals surface area contributed by atoms with Crippen LogP contribution < -0.4 is 5.32 Å². The van der Waals surface area contributed by atoms with Gasteiger partial charge >= 0.3 is 6.03 Å². The fourth-order valence-corrected chi connectivity index (χ4v) is 3.45. The third-order valence-corrected chi connectivity index (χ3v) is 5.05. The van der Waals surface area contributed by atoms with Crippen molar-refractivity contribution in [2.75, 3.05) is 13.1 Å². The molecule has 1 N–H and O–H groups in total. The Hall–Kier alpha value is -2.39. The van der Waals surface area contributed by atoms with Gasteiger partial charge in [0.1, 0.15) is 5.54 Å². The first kappa shape index (κ1) is 16.5. The van der Waals surface area contributed by atoms with Gasteiger partial charge in [-0.3, -0.25) is 9.69 Å². The van der Waals surface area contributed by atoms with Crippen molar-refractivity contribution < 1.29 is 9.59 Å². The van der Waals surface area contributed by atoms with E-state index >= 15 is 0 Å². The van der Waals surface area contributed by atoms with Gasteiger partial charge in [-0.25, -0.2) is 4.79 Å². The Morgan fingerprint density at radius 2 is 1.83 bits per heavy atom. The quantitative estimate of drug-likeness (QED) is 0.860. The zero-order chi connectivity index (χ0) is 17.3. The molecule has 3 amide bonds. The summed E-state index contributed by atoms with van der Waals surface area (Å²) in [5.74, 6) is -0.125. The van der Waals surface area contributed by atoms with Crippen LogP contribution in [0.15, 0.2) is 24.3 Å². The minimum absolute atomic E-state index is 0.125. The summed E-state index contributed by atoms with van der Waals surface area (Å²) in [6.07, 6.45) is 1.30. The second kappa shape index (κ2) is 6.25. The lowest BCUT2D eigenvalue weighted by atomic mass is 9.87. The van der Waals surface area contributed by atoms with Gasteiger partial charge in [-0.15, -0.1) is 0 Å². The number of benzene rings is 1. The van der Waals surface area contributed by atoms with Gasteiger partial charge in [0, 0.05) is 19.1 Å². The first-order valence-corrected chi connectivity index (χ1v) is 8.32. The summed E-state index contributed by atoms with van der Waals surface area (Å²) in [6, 6.07) is 9.16. The lowest BCUT2D eigenvalue weighted by Crippen LogP contribution is -2.55. The first-order chi connectivity index (χ1) is 11.4. The number of imide groups is 1. The Kier molecular flexibility index (Phi) is 4.29. The maximum Gasteiger partial charge on any atom is 0.325 e. The van der Waals surface area contributed by atoms with Crippen molar-refractivity contribution in [2.24, 2.45) is 0 Å². The van der Waals surface area contributed by atoms with Crippen molar-refractivity contribution in [1.82, 2.24) is 15.1 Å². The molecule has 6 nitrogen and oxygen atoms in total. The van der Waals surface area contributed by atoms with E-state index in [1.807, 2.05) is 0 Å². The second-order valence-corrected chi connectivity index (χ2v) is 6.84. The Balaban J connectivity index is 1.71. The molecule has 2 fully saturated rings. The maximum atomic E-state index is 12.9. The first-order valence-electron chi connectivity index (χ1n) is 8.32. The molecule has 1 aromatic carbocycles. The van der Waals surface area contributed by atoms with Gasteiger partial charge in [0.15, 0.2) is 0 Å². The molecule has 1 spiro atoms. The van der Waals surface area contributed by atoms with Gasteiger partial charge in [0.25, 0.3) is 5.91 Å². The summed E-state index contributed by atoms with van der Waals surface area (Å²) >= 11 is 0. The molecule has 2 heterocycles. The van der Waals surface area contributed by atoms with E-state index in [1.54, 1.807) is 24.3 Å². The van der Waals surface area contributed by atoms with Crippen LogP contribution in [-0.2, 0) is 11.3 Å². The van der Waals surface area contributed by atoms with E-state index in [1.165, 1.54) is 4.90 Å². The van der Waals surface area contributed by atoms with E-state index in [9.17, 15) is 9.59 Å². The molecular formula is C18H22N4O2. The number of carbonyl (C=O) groups is 2. The number of carbonyl (C=O) groups excluding carboxylic acids is 2. The second-order valence-electron chi connectivity index (χ2n) is 6.84. The molecule has 2 aliphatic heterocycles. The minimum Gasteiger partial charge on any atom is -0.323 e. The molecule has 6 heteroatoms. The lowest BCUT2D eigenvalue weighted by molar-refractivity contribution is -0.133. The minimum atomic E-state index is -0.741. The average Bonchev–Trinajstić information content (AvgIpc) is 2.80. The van der Waals surface area contributed by atoms with Crippen molar-refractivity contribution >= 4 is 11.9 Å². The highest BCUT2D eigenvalue weighted by molar-refractivity contribution is 6.07. The zero-order valence-corrected chi connectivity index (χ0v) is 14.1. The normalized spacial score (nSPS) is 20.5. The molecule has 3 rings (SSSR count). The number of urea groups is 1. The Morgan fingerprint density at radius 1 is 1.21 bits per heavy atom. The largest absolute Gasteiger partial charge is 0.325 e. The fraction of sp³-hybridized carbons (Fsp3) is 0.500. The highest BCUT2D eigenvalue weighted by Gasteiger charge is 2.52. The van der Waals surface area contributed by atoms with E-state index in [2.05, 4.69) is 30.1 Å². The Morgan fingerprint density at radius 3 is 2.38 bits per heavy atom. The summed E-state index contributed by atoms with van der Waals surface area (Å²) in [5, 5.41) is 11.8. The predicted octanol–water partition coefficient (Wildman–Crippen LogP) is 1.85. The van der Waals surface area contributed by atoms with E-state index in [-0.39, 0.29) is 18.5 Å². The number of nitriles is 1. The number of amides is 3. The van der Waals surface area contributed by atoms with Crippen LogP contribution in [0, 0.1) is 11.3 Å². The molecule has 0 bridgehead atoms. The van der Waals surface area contributed by atoms with Gasteiger partial charge in [-0.1, -0.05) is 12.1 Å². The standard InChI is InChI=1S/C18H22N4O2/c1-13(2)21-9-7-18(8-10-21)16(23)22(17(24)20-18)12-15-5-3-14(11-19)4-6-15/h3-6,13H,7-10,12H2,1-2H3,(H,20,24). The Labute approximate surface area is 142 Å². The number of piperidine rings is 1. The summed E-state index contributed by atoms with van der Waals surface area (Å²) in [7, 11) is 0. The van der Waals surface area contributed by atoms with Gasteiger partial charge in [-0.05, 0) is 44.4 Å². The van der Waals surface area contributed by atoms with Crippen LogP contribution in [0.5, 0.6) is 0 Å². The van der Waals surface area contributed by atoms with E-state index < -0.39 is 5.54 Å². The average molecular weight is 326 g/mol. The Bertz CT molecular complexity index is 682. The SMILES string of the molecule is CC(C)N1CCC2(CC1)NC(=O)N(Cc1ccc(C#N)cc1)C2=O. The third kappa shape index (κ3) is 2.87. The third-order valence-electron chi connectivity index (χ3n) is 5.05. The predicted molar refractivity (Wildman–Crippen MR) is 88.9 cm³/mol. The maximum absolute atomic E-state index is 12.9. The molecule has 0 radical (unpaired) electrons. The van der Waals surface area contributed by atoms with Gasteiger partial charge in [0.2, 0.25) is 0 Å². The zero-order valence-electron chi connectivity index (χ0n) is 14.1. The van der Waals surface area contributed by atoms with Crippen molar-refractivity contribution in [1.29, 1.82) is 5.26 Å².